The van der Waals surface area contributed by atoms with Crippen LogP contribution >= 0.6 is 0 Å². The summed E-state index contributed by atoms with van der Waals surface area (Å²) in [7, 11) is -3.68. The zero-order valence-electron chi connectivity index (χ0n) is 16.8. The number of anilines is 2. The Morgan fingerprint density at radius 2 is 1.77 bits per heavy atom. The smallest absolute Gasteiger partial charge is 0.264 e. The Balaban J connectivity index is 1.55. The highest BCUT2D eigenvalue weighted by Crippen LogP contribution is 2.31. The van der Waals surface area contributed by atoms with Crippen molar-refractivity contribution in [3.63, 3.8) is 0 Å². The van der Waals surface area contributed by atoms with E-state index < -0.39 is 10.0 Å². The van der Waals surface area contributed by atoms with Crippen molar-refractivity contribution >= 4 is 27.3 Å². The minimum absolute atomic E-state index is 0.184. The molecule has 3 aromatic carbocycles. The van der Waals surface area contributed by atoms with Gasteiger partial charge in [-0.05, 0) is 72.9 Å². The standard InChI is InChI=1S/C24H24N2O3S/c1-2-18-7-5-10-21(17-18)25-24(27)20-12-14-22(15-13-20)30(28,29)26-16-6-9-19-8-3-4-11-23(19)26/h3-5,7-8,10-15,17H,2,6,9,16H2,1H3,(H,25,27). The Morgan fingerprint density at radius 1 is 1.00 bits per heavy atom. The van der Waals surface area contributed by atoms with Gasteiger partial charge in [0.25, 0.3) is 15.9 Å². The minimum atomic E-state index is -3.68. The number of aryl methyl sites for hydroxylation is 2. The maximum atomic E-state index is 13.2. The summed E-state index contributed by atoms with van der Waals surface area (Å²) < 4.78 is 27.9. The number of benzene rings is 3. The number of carbonyl (C=O) groups excluding carboxylic acids is 1. The van der Waals surface area contributed by atoms with Gasteiger partial charge in [0, 0.05) is 17.8 Å². The summed E-state index contributed by atoms with van der Waals surface area (Å²) in [5, 5.41) is 2.87. The molecule has 1 heterocycles. The van der Waals surface area contributed by atoms with E-state index in [4.69, 9.17) is 0 Å². The Bertz CT molecular complexity index is 1170. The maximum Gasteiger partial charge on any atom is 0.264 e. The van der Waals surface area contributed by atoms with E-state index in [1.165, 1.54) is 16.4 Å². The highest BCUT2D eigenvalue weighted by molar-refractivity contribution is 7.92. The molecular formula is C24H24N2O3S. The van der Waals surface area contributed by atoms with Crippen LogP contribution in [0.25, 0.3) is 0 Å². The molecule has 154 valence electrons. The van der Waals surface area contributed by atoms with Gasteiger partial charge in [-0.3, -0.25) is 9.10 Å². The van der Waals surface area contributed by atoms with Gasteiger partial charge in [0.05, 0.1) is 10.6 Å². The van der Waals surface area contributed by atoms with Gasteiger partial charge in [-0.15, -0.1) is 0 Å². The molecule has 0 atom stereocenters. The second-order valence-corrected chi connectivity index (χ2v) is 9.20. The molecule has 0 bridgehead atoms. The lowest BCUT2D eigenvalue weighted by atomic mass is 10.0. The third-order valence-corrected chi connectivity index (χ3v) is 7.19. The molecule has 0 spiro atoms. The summed E-state index contributed by atoms with van der Waals surface area (Å²) in [6, 6.07) is 21.4. The molecule has 4 rings (SSSR count). The minimum Gasteiger partial charge on any atom is -0.322 e. The van der Waals surface area contributed by atoms with E-state index in [0.29, 0.717) is 12.1 Å². The van der Waals surface area contributed by atoms with Crippen molar-refractivity contribution in [2.45, 2.75) is 31.1 Å². The molecule has 3 aromatic rings. The second kappa shape index (κ2) is 8.32. The van der Waals surface area contributed by atoms with Gasteiger partial charge >= 0.3 is 0 Å². The van der Waals surface area contributed by atoms with Crippen molar-refractivity contribution in [3.8, 4) is 0 Å². The molecule has 0 saturated heterocycles. The number of hydrogen-bond acceptors (Lipinski definition) is 3. The summed E-state index contributed by atoms with van der Waals surface area (Å²) in [4.78, 5) is 12.8. The van der Waals surface area contributed by atoms with Crippen LogP contribution < -0.4 is 9.62 Å². The molecule has 0 saturated carbocycles. The molecule has 6 heteroatoms. The maximum absolute atomic E-state index is 13.2. The lowest BCUT2D eigenvalue weighted by Gasteiger charge is -2.30. The Kier molecular flexibility index (Phi) is 5.59. The van der Waals surface area contributed by atoms with E-state index >= 15 is 0 Å². The average molecular weight is 421 g/mol. The zero-order chi connectivity index (χ0) is 21.1. The monoisotopic (exact) mass is 420 g/mol. The molecule has 1 N–H and O–H groups in total. The number of amides is 1. The van der Waals surface area contributed by atoms with Gasteiger partial charge in [0.2, 0.25) is 0 Å². The largest absolute Gasteiger partial charge is 0.322 e. The Hall–Kier alpha value is -3.12. The number of carbonyl (C=O) groups is 1. The van der Waals surface area contributed by atoms with Crippen LogP contribution in [-0.2, 0) is 22.9 Å². The number of fused-ring (bicyclic) bond motifs is 1. The molecule has 0 fully saturated rings. The van der Waals surface area contributed by atoms with Crippen LogP contribution in [0, 0.1) is 0 Å². The van der Waals surface area contributed by atoms with Crippen molar-refractivity contribution in [1.29, 1.82) is 0 Å². The molecule has 1 aliphatic heterocycles. The third-order valence-electron chi connectivity index (χ3n) is 5.37. The van der Waals surface area contributed by atoms with Crippen LogP contribution in [0.3, 0.4) is 0 Å². The number of rotatable bonds is 5. The highest BCUT2D eigenvalue weighted by atomic mass is 32.2. The van der Waals surface area contributed by atoms with Crippen molar-refractivity contribution in [2.24, 2.45) is 0 Å². The quantitative estimate of drug-likeness (QED) is 0.654. The molecule has 0 radical (unpaired) electrons. The molecule has 30 heavy (non-hydrogen) atoms. The highest BCUT2D eigenvalue weighted by Gasteiger charge is 2.28. The van der Waals surface area contributed by atoms with Crippen molar-refractivity contribution in [3.05, 3.63) is 89.5 Å². The van der Waals surface area contributed by atoms with E-state index in [1.807, 2.05) is 48.5 Å². The topological polar surface area (TPSA) is 66.5 Å². The van der Waals surface area contributed by atoms with Crippen LogP contribution in [0.5, 0.6) is 0 Å². The predicted octanol–water partition coefficient (Wildman–Crippen LogP) is 4.64. The van der Waals surface area contributed by atoms with Gasteiger partial charge in [-0.2, -0.15) is 0 Å². The zero-order valence-corrected chi connectivity index (χ0v) is 17.7. The first-order valence-electron chi connectivity index (χ1n) is 10.1. The molecular weight excluding hydrogens is 396 g/mol. The van der Waals surface area contributed by atoms with Gasteiger partial charge in [0.15, 0.2) is 0 Å². The van der Waals surface area contributed by atoms with Crippen molar-refractivity contribution in [2.75, 3.05) is 16.2 Å². The fourth-order valence-corrected chi connectivity index (χ4v) is 5.27. The molecule has 0 unspecified atom stereocenters. The Morgan fingerprint density at radius 3 is 2.53 bits per heavy atom. The van der Waals surface area contributed by atoms with Crippen LogP contribution in [-0.4, -0.2) is 20.9 Å². The summed E-state index contributed by atoms with van der Waals surface area (Å²) >= 11 is 0. The fraction of sp³-hybridized carbons (Fsp3) is 0.208. The molecule has 1 amide bonds. The van der Waals surface area contributed by atoms with Crippen LogP contribution in [0.2, 0.25) is 0 Å². The number of nitrogens with zero attached hydrogens (tertiary/aromatic N) is 1. The molecule has 0 aromatic heterocycles. The van der Waals surface area contributed by atoms with E-state index in [-0.39, 0.29) is 10.8 Å². The normalized spacial score (nSPS) is 13.6. The molecule has 0 aliphatic carbocycles. The lowest BCUT2D eigenvalue weighted by molar-refractivity contribution is 0.102. The predicted molar refractivity (Wildman–Crippen MR) is 120 cm³/mol. The molecule has 5 nitrogen and oxygen atoms in total. The van der Waals surface area contributed by atoms with E-state index in [1.54, 1.807) is 12.1 Å². The Labute approximate surface area is 177 Å². The summed E-state index contributed by atoms with van der Waals surface area (Å²) in [5.41, 5.74) is 4.05. The number of nitrogens with one attached hydrogen (secondary N) is 1. The summed E-state index contributed by atoms with van der Waals surface area (Å²) in [5.74, 6) is -0.268. The first kappa shape index (κ1) is 20.2. The first-order chi connectivity index (χ1) is 14.5. The van der Waals surface area contributed by atoms with Gasteiger partial charge in [-0.1, -0.05) is 37.3 Å². The number of sulfonamides is 1. The van der Waals surface area contributed by atoms with Crippen LogP contribution in [0.4, 0.5) is 11.4 Å². The average Bonchev–Trinajstić information content (AvgIpc) is 2.79. The van der Waals surface area contributed by atoms with Crippen LogP contribution in [0.1, 0.15) is 34.8 Å². The summed E-state index contributed by atoms with van der Waals surface area (Å²) in [6.07, 6.45) is 2.55. The molecule has 1 aliphatic rings. The van der Waals surface area contributed by atoms with Crippen LogP contribution in [0.15, 0.2) is 77.7 Å². The van der Waals surface area contributed by atoms with Crippen molar-refractivity contribution in [1.82, 2.24) is 0 Å². The van der Waals surface area contributed by atoms with E-state index in [0.717, 1.165) is 41.8 Å². The fourth-order valence-electron chi connectivity index (χ4n) is 3.73. The van der Waals surface area contributed by atoms with E-state index in [2.05, 4.69) is 12.2 Å². The second-order valence-electron chi connectivity index (χ2n) is 7.34. The van der Waals surface area contributed by atoms with Gasteiger partial charge in [-0.25, -0.2) is 8.42 Å². The third kappa shape index (κ3) is 3.96. The van der Waals surface area contributed by atoms with Gasteiger partial charge < -0.3 is 5.32 Å². The van der Waals surface area contributed by atoms with Crippen molar-refractivity contribution < 1.29 is 13.2 Å². The van der Waals surface area contributed by atoms with Gasteiger partial charge in [0.1, 0.15) is 0 Å². The first-order valence-corrected chi connectivity index (χ1v) is 11.5. The number of hydrogen-bond donors (Lipinski definition) is 1. The number of para-hydroxylation sites is 1. The van der Waals surface area contributed by atoms with E-state index in [9.17, 15) is 13.2 Å². The summed E-state index contributed by atoms with van der Waals surface area (Å²) in [6.45, 7) is 2.51. The lowest BCUT2D eigenvalue weighted by Crippen LogP contribution is -2.35. The SMILES string of the molecule is CCc1cccc(NC(=O)c2ccc(S(=O)(=O)N3CCCc4ccccc43)cc2)c1.